The second-order valence-electron chi connectivity index (χ2n) is 7.01. The number of carbonyl (C=O) groups excluding carboxylic acids is 1. The summed E-state index contributed by atoms with van der Waals surface area (Å²) < 4.78 is 11.2. The number of fused-ring (bicyclic) bond motifs is 3. The van der Waals surface area contributed by atoms with Gasteiger partial charge in [-0.15, -0.1) is 0 Å². The zero-order valence-electron chi connectivity index (χ0n) is 13.3. The zero-order valence-corrected chi connectivity index (χ0v) is 13.3. The molecule has 0 radical (unpaired) electrons. The van der Waals surface area contributed by atoms with Crippen molar-refractivity contribution in [2.45, 2.75) is 44.2 Å². The molecule has 0 aromatic heterocycles. The van der Waals surface area contributed by atoms with E-state index in [9.17, 15) is 4.79 Å². The van der Waals surface area contributed by atoms with Gasteiger partial charge in [-0.05, 0) is 49.7 Å². The third-order valence-electron chi connectivity index (χ3n) is 5.49. The molecule has 2 aliphatic carbocycles. The number of para-hydroxylation sites is 1. The third kappa shape index (κ3) is 2.78. The number of hydrogen-bond donors (Lipinski definition) is 2. The van der Waals surface area contributed by atoms with Crippen molar-refractivity contribution in [1.82, 2.24) is 5.32 Å². The summed E-state index contributed by atoms with van der Waals surface area (Å²) in [6.07, 6.45) is 5.64. The first-order valence-corrected chi connectivity index (χ1v) is 8.67. The van der Waals surface area contributed by atoms with E-state index in [1.807, 2.05) is 18.2 Å². The van der Waals surface area contributed by atoms with Crippen LogP contribution in [-0.4, -0.2) is 31.2 Å². The van der Waals surface area contributed by atoms with Crippen LogP contribution in [0.3, 0.4) is 0 Å². The number of benzene rings is 1. The molecule has 2 saturated carbocycles. The van der Waals surface area contributed by atoms with E-state index in [1.165, 1.54) is 19.3 Å². The third-order valence-corrected chi connectivity index (χ3v) is 5.49. The first-order chi connectivity index (χ1) is 11.2. The molecule has 5 heteroatoms. The summed E-state index contributed by atoms with van der Waals surface area (Å²) in [6, 6.07) is 6.04. The second kappa shape index (κ2) is 6.04. The van der Waals surface area contributed by atoms with Gasteiger partial charge in [0.2, 0.25) is 0 Å². The van der Waals surface area contributed by atoms with Gasteiger partial charge in [0, 0.05) is 12.1 Å². The van der Waals surface area contributed by atoms with Crippen LogP contribution >= 0.6 is 0 Å². The lowest BCUT2D eigenvalue weighted by Crippen LogP contribution is -2.53. The van der Waals surface area contributed by atoms with Crippen LogP contribution in [0.2, 0.25) is 0 Å². The van der Waals surface area contributed by atoms with Crippen molar-refractivity contribution in [2.75, 3.05) is 13.2 Å². The Morgan fingerprint density at radius 2 is 1.87 bits per heavy atom. The van der Waals surface area contributed by atoms with Crippen LogP contribution < -0.4 is 20.5 Å². The quantitative estimate of drug-likeness (QED) is 0.876. The highest BCUT2D eigenvalue weighted by molar-refractivity contribution is 5.98. The normalized spacial score (nSPS) is 32.2. The van der Waals surface area contributed by atoms with E-state index in [1.54, 1.807) is 0 Å². The summed E-state index contributed by atoms with van der Waals surface area (Å²) in [4.78, 5) is 12.8. The number of amides is 1. The number of rotatable bonds is 2. The Labute approximate surface area is 136 Å². The molecule has 2 fully saturated rings. The lowest BCUT2D eigenvalue weighted by molar-refractivity contribution is 0.0748. The molecule has 2 atom stereocenters. The van der Waals surface area contributed by atoms with Crippen molar-refractivity contribution >= 4 is 5.91 Å². The minimum absolute atomic E-state index is 0.0512. The van der Waals surface area contributed by atoms with Crippen LogP contribution in [0, 0.1) is 11.8 Å². The van der Waals surface area contributed by atoms with Crippen molar-refractivity contribution in [3.05, 3.63) is 23.8 Å². The summed E-state index contributed by atoms with van der Waals surface area (Å²) in [7, 11) is 0. The minimum atomic E-state index is -0.0512. The van der Waals surface area contributed by atoms with E-state index in [4.69, 9.17) is 15.2 Å². The predicted molar refractivity (Wildman–Crippen MR) is 86.7 cm³/mol. The van der Waals surface area contributed by atoms with Gasteiger partial charge >= 0.3 is 0 Å². The van der Waals surface area contributed by atoms with E-state index in [-0.39, 0.29) is 11.9 Å². The van der Waals surface area contributed by atoms with Gasteiger partial charge in [0.1, 0.15) is 13.2 Å². The van der Waals surface area contributed by atoms with E-state index < -0.39 is 0 Å². The van der Waals surface area contributed by atoms with Gasteiger partial charge in [-0.1, -0.05) is 12.5 Å². The molecule has 1 aromatic rings. The molecule has 23 heavy (non-hydrogen) atoms. The number of nitrogens with two attached hydrogens (primary N) is 1. The average Bonchev–Trinajstić information content (AvgIpc) is 2.55. The summed E-state index contributed by atoms with van der Waals surface area (Å²) in [5.41, 5.74) is 6.75. The molecule has 0 saturated heterocycles. The Morgan fingerprint density at radius 3 is 2.65 bits per heavy atom. The maximum absolute atomic E-state index is 12.8. The number of carbonyl (C=O) groups is 1. The molecule has 3 N–H and O–H groups in total. The lowest BCUT2D eigenvalue weighted by atomic mass is 9.67. The van der Waals surface area contributed by atoms with Gasteiger partial charge < -0.3 is 20.5 Å². The molecule has 2 bridgehead atoms. The molecule has 0 spiro atoms. The Hall–Kier alpha value is -1.75. The number of nitrogens with one attached hydrogen (secondary N) is 1. The smallest absolute Gasteiger partial charge is 0.255 e. The Kier molecular flexibility index (Phi) is 3.89. The first kappa shape index (κ1) is 14.8. The highest BCUT2D eigenvalue weighted by Crippen LogP contribution is 2.40. The van der Waals surface area contributed by atoms with Crippen LogP contribution in [-0.2, 0) is 0 Å². The molecule has 1 aliphatic heterocycles. The van der Waals surface area contributed by atoms with Crippen LogP contribution in [0.15, 0.2) is 18.2 Å². The molecule has 3 aliphatic rings. The molecular formula is C18H24N2O3. The largest absolute Gasteiger partial charge is 0.486 e. The molecular weight excluding hydrogens is 292 g/mol. The minimum Gasteiger partial charge on any atom is -0.486 e. The Bertz CT molecular complexity index is 590. The van der Waals surface area contributed by atoms with Gasteiger partial charge in [-0.3, -0.25) is 4.79 Å². The van der Waals surface area contributed by atoms with Crippen LogP contribution in [0.4, 0.5) is 0 Å². The van der Waals surface area contributed by atoms with Gasteiger partial charge in [0.05, 0.1) is 5.56 Å². The van der Waals surface area contributed by atoms with Crippen LogP contribution in [0.1, 0.15) is 42.5 Å². The maximum atomic E-state index is 12.8. The van der Waals surface area contributed by atoms with E-state index in [2.05, 4.69) is 5.32 Å². The van der Waals surface area contributed by atoms with Gasteiger partial charge in [-0.25, -0.2) is 0 Å². The SMILES string of the molecule is NC1CC2CCCC(C1)C2NC(=O)c1cccc2c1OCCO2. The lowest BCUT2D eigenvalue weighted by Gasteiger charge is -2.45. The molecule has 2 unspecified atom stereocenters. The van der Waals surface area contributed by atoms with Crippen molar-refractivity contribution < 1.29 is 14.3 Å². The fraction of sp³-hybridized carbons (Fsp3) is 0.611. The first-order valence-electron chi connectivity index (χ1n) is 8.67. The van der Waals surface area contributed by atoms with E-state index in [0.29, 0.717) is 48.2 Å². The van der Waals surface area contributed by atoms with Crippen LogP contribution in [0.25, 0.3) is 0 Å². The molecule has 4 rings (SSSR count). The van der Waals surface area contributed by atoms with Gasteiger partial charge in [0.15, 0.2) is 11.5 Å². The predicted octanol–water partition coefficient (Wildman–Crippen LogP) is 2.09. The summed E-state index contributed by atoms with van der Waals surface area (Å²) in [5, 5.41) is 3.28. The van der Waals surface area contributed by atoms with Crippen LogP contribution in [0.5, 0.6) is 11.5 Å². The standard InChI is InChI=1S/C18H24N2O3/c19-13-9-11-3-1-4-12(10-13)16(11)20-18(21)14-5-2-6-15-17(14)23-8-7-22-15/h2,5-6,11-13,16H,1,3-4,7-10,19H2,(H,20,21). The number of hydrogen-bond acceptors (Lipinski definition) is 4. The summed E-state index contributed by atoms with van der Waals surface area (Å²) in [5.74, 6) is 2.21. The van der Waals surface area contributed by atoms with E-state index >= 15 is 0 Å². The molecule has 5 nitrogen and oxygen atoms in total. The maximum Gasteiger partial charge on any atom is 0.255 e. The molecule has 1 heterocycles. The van der Waals surface area contributed by atoms with Crippen molar-refractivity contribution in [3.8, 4) is 11.5 Å². The second-order valence-corrected chi connectivity index (χ2v) is 7.01. The number of ether oxygens (including phenoxy) is 2. The fourth-order valence-corrected chi connectivity index (χ4v) is 4.51. The molecule has 1 aromatic carbocycles. The highest BCUT2D eigenvalue weighted by Gasteiger charge is 2.40. The highest BCUT2D eigenvalue weighted by atomic mass is 16.6. The van der Waals surface area contributed by atoms with Crippen molar-refractivity contribution in [2.24, 2.45) is 17.6 Å². The van der Waals surface area contributed by atoms with Crippen molar-refractivity contribution in [3.63, 3.8) is 0 Å². The monoisotopic (exact) mass is 316 g/mol. The Balaban J connectivity index is 1.54. The Morgan fingerprint density at radius 1 is 1.13 bits per heavy atom. The summed E-state index contributed by atoms with van der Waals surface area (Å²) >= 11 is 0. The fourth-order valence-electron chi connectivity index (χ4n) is 4.51. The van der Waals surface area contributed by atoms with E-state index in [0.717, 1.165) is 12.8 Å². The topological polar surface area (TPSA) is 73.6 Å². The molecule has 124 valence electrons. The van der Waals surface area contributed by atoms with Crippen molar-refractivity contribution in [1.29, 1.82) is 0 Å². The van der Waals surface area contributed by atoms with Gasteiger partial charge in [0.25, 0.3) is 5.91 Å². The average molecular weight is 316 g/mol. The van der Waals surface area contributed by atoms with Gasteiger partial charge in [-0.2, -0.15) is 0 Å². The molecule has 1 amide bonds. The zero-order chi connectivity index (χ0) is 15.8. The summed E-state index contributed by atoms with van der Waals surface area (Å²) in [6.45, 7) is 1.02.